The molecule has 5 fully saturated rings. The van der Waals surface area contributed by atoms with Crippen molar-refractivity contribution in [2.45, 2.75) is 136 Å². The van der Waals surface area contributed by atoms with Crippen molar-refractivity contribution < 1.29 is 23.8 Å². The maximum Gasteiger partial charge on any atom is 0.304 e. The van der Waals surface area contributed by atoms with E-state index in [1.165, 1.54) is 52.4 Å². The molecule has 5 rings (SSSR count). The van der Waals surface area contributed by atoms with Gasteiger partial charge in [0, 0.05) is 20.3 Å². The van der Waals surface area contributed by atoms with Crippen molar-refractivity contribution in [2.75, 3.05) is 0 Å². The van der Waals surface area contributed by atoms with Crippen LogP contribution in [0.2, 0.25) is 0 Å². The summed E-state index contributed by atoms with van der Waals surface area (Å²) in [5, 5.41) is 0. The van der Waals surface area contributed by atoms with Crippen LogP contribution in [0.15, 0.2) is 0 Å². The molecule has 2 bridgehead atoms. The van der Waals surface area contributed by atoms with Crippen molar-refractivity contribution in [3.05, 3.63) is 0 Å². The molecule has 4 saturated carbocycles. The molecule has 0 radical (unpaired) electrons. The normalized spacial score (nSPS) is 47.1. The van der Waals surface area contributed by atoms with Crippen molar-refractivity contribution >= 4 is 23.5 Å². The van der Waals surface area contributed by atoms with Crippen LogP contribution in [0.1, 0.15) is 112 Å². The van der Waals surface area contributed by atoms with E-state index in [2.05, 4.69) is 27.7 Å². The molecule has 210 valence electrons. The van der Waals surface area contributed by atoms with E-state index >= 15 is 0 Å². The lowest BCUT2D eigenvalue weighted by atomic mass is 9.43. The fourth-order valence-corrected chi connectivity index (χ4v) is 11.0. The molecule has 11 atom stereocenters. The van der Waals surface area contributed by atoms with Crippen LogP contribution in [0.5, 0.6) is 0 Å². The predicted molar refractivity (Wildman–Crippen MR) is 144 cm³/mol. The molecule has 1 aliphatic heterocycles. The lowest BCUT2D eigenvalue weighted by Crippen LogP contribution is -2.65. The monoisotopic (exact) mass is 536 g/mol. The molecule has 1 saturated heterocycles. The first-order valence-electron chi connectivity index (χ1n) is 15.1. The largest absolute Gasteiger partial charge is 0.462 e. The predicted octanol–water partition coefficient (Wildman–Crippen LogP) is 7.28. The van der Waals surface area contributed by atoms with Crippen molar-refractivity contribution in [3.63, 3.8) is 0 Å². The van der Waals surface area contributed by atoms with Crippen LogP contribution in [-0.4, -0.2) is 35.3 Å². The topological polar surface area (TPSA) is 61.8 Å². The lowest BCUT2D eigenvalue weighted by molar-refractivity contribution is -0.203. The van der Waals surface area contributed by atoms with Crippen LogP contribution in [0.4, 0.5) is 0 Å². The van der Waals surface area contributed by atoms with Crippen molar-refractivity contribution in [1.29, 1.82) is 0 Å². The molecule has 0 spiro atoms. The van der Waals surface area contributed by atoms with Gasteiger partial charge >= 0.3 is 11.9 Å². The summed E-state index contributed by atoms with van der Waals surface area (Å²) in [6, 6.07) is 0. The Labute approximate surface area is 229 Å². The Morgan fingerprint density at radius 2 is 1.70 bits per heavy atom. The van der Waals surface area contributed by atoms with Gasteiger partial charge in [0.1, 0.15) is 6.10 Å². The van der Waals surface area contributed by atoms with E-state index in [1.807, 2.05) is 0 Å². The Bertz CT molecular complexity index is 891. The van der Waals surface area contributed by atoms with Crippen molar-refractivity contribution in [2.24, 2.45) is 46.3 Å². The van der Waals surface area contributed by atoms with E-state index in [9.17, 15) is 9.59 Å². The Hall–Kier alpha value is -0.810. The van der Waals surface area contributed by atoms with Crippen LogP contribution >= 0.6 is 11.6 Å². The fraction of sp³-hybridized carbons (Fsp3) is 0.935. The minimum atomic E-state index is -0.664. The first kappa shape index (κ1) is 27.7. The number of halogens is 1. The summed E-state index contributed by atoms with van der Waals surface area (Å²) in [6.45, 7) is 12.7. The summed E-state index contributed by atoms with van der Waals surface area (Å²) in [5.74, 6) is 3.37. The van der Waals surface area contributed by atoms with Crippen LogP contribution in [0, 0.1) is 46.3 Å². The number of esters is 2. The van der Waals surface area contributed by atoms with Gasteiger partial charge in [-0.25, -0.2) is 0 Å². The van der Waals surface area contributed by atoms with Gasteiger partial charge in [0.15, 0.2) is 0 Å². The van der Waals surface area contributed by atoms with Gasteiger partial charge in [-0.3, -0.25) is 9.59 Å². The van der Waals surface area contributed by atoms with E-state index < -0.39 is 16.6 Å². The first-order chi connectivity index (χ1) is 17.4. The number of carbonyl (C=O) groups excluding carboxylic acids is 2. The van der Waals surface area contributed by atoms with Gasteiger partial charge in [-0.05, 0) is 85.9 Å². The summed E-state index contributed by atoms with van der Waals surface area (Å²) in [7, 11) is 0. The number of hydrogen-bond acceptors (Lipinski definition) is 5. The summed E-state index contributed by atoms with van der Waals surface area (Å²) >= 11 is 7.64. The fourth-order valence-electron chi connectivity index (χ4n) is 10.4. The second kappa shape index (κ2) is 9.98. The van der Waals surface area contributed by atoms with E-state index in [0.717, 1.165) is 43.4 Å². The number of carbonyl (C=O) groups is 2. The minimum absolute atomic E-state index is 0.178. The summed E-state index contributed by atoms with van der Waals surface area (Å²) in [5.41, 5.74) is -0.0422. The lowest BCUT2D eigenvalue weighted by Gasteiger charge is -2.62. The number of ether oxygens (including phenoxy) is 3. The Morgan fingerprint density at radius 1 is 0.973 bits per heavy atom. The zero-order chi connectivity index (χ0) is 26.8. The molecule has 6 heteroatoms. The van der Waals surface area contributed by atoms with Gasteiger partial charge in [-0.2, -0.15) is 0 Å². The van der Waals surface area contributed by atoms with Gasteiger partial charge in [-0.1, -0.05) is 47.0 Å². The van der Waals surface area contributed by atoms with Crippen LogP contribution < -0.4 is 0 Å². The van der Waals surface area contributed by atoms with Crippen LogP contribution in [-0.2, 0) is 23.8 Å². The maximum absolute atomic E-state index is 12.2. The Morgan fingerprint density at radius 3 is 2.38 bits per heavy atom. The number of fused-ring (bicyclic) bond motifs is 3. The van der Waals surface area contributed by atoms with Gasteiger partial charge in [0.25, 0.3) is 0 Å². The SMILES string of the molecule is CC(=O)O[C@H]1CC[C@]23[C@H](OC(C)=O)O[C@H](C[C@H]4[C@H]2CC[C@@]2(C)[C@H]4CC[C@H]2[C@@H](C)CCCC(C)C)[C@@]3(Cl)C1. The Kier molecular flexibility index (Phi) is 7.49. The minimum Gasteiger partial charge on any atom is -0.462 e. The molecule has 0 amide bonds. The molecule has 0 aromatic heterocycles. The van der Waals surface area contributed by atoms with Crippen molar-refractivity contribution in [3.8, 4) is 0 Å². The third kappa shape index (κ3) is 4.37. The quantitative estimate of drug-likeness (QED) is 0.253. The molecule has 37 heavy (non-hydrogen) atoms. The van der Waals surface area contributed by atoms with Gasteiger partial charge in [0.05, 0.1) is 16.4 Å². The second-order valence-electron chi connectivity index (χ2n) is 14.1. The van der Waals surface area contributed by atoms with Gasteiger partial charge in [0.2, 0.25) is 6.29 Å². The third-order valence-corrected chi connectivity index (χ3v) is 12.5. The molecular formula is C31H49ClO5. The highest BCUT2D eigenvalue weighted by Crippen LogP contribution is 2.74. The second-order valence-corrected chi connectivity index (χ2v) is 14.8. The molecule has 0 N–H and O–H groups in total. The molecule has 5 nitrogen and oxygen atoms in total. The highest BCUT2D eigenvalue weighted by molar-refractivity contribution is 6.25. The first-order valence-corrected chi connectivity index (χ1v) is 15.5. The van der Waals surface area contributed by atoms with E-state index in [1.54, 1.807) is 0 Å². The average Bonchev–Trinajstić information content (AvgIpc) is 3.20. The molecule has 5 aliphatic rings. The standard InChI is InChI=1S/C31H49ClO5/c1-18(2)8-7-9-19(3)24-10-11-25-23-16-27-31(32)17-22(35-20(4)33)12-15-30(31,28(37-27)36-21(5)34)26(23)13-14-29(24,25)6/h18-19,22-28H,7-17H2,1-6H3/t19-,22-,23+,24-,25-,26+,27+,28+,29+,30+,31-/m0/s1. The smallest absolute Gasteiger partial charge is 0.304 e. The van der Waals surface area contributed by atoms with Gasteiger partial charge < -0.3 is 14.2 Å². The summed E-state index contributed by atoms with van der Waals surface area (Å²) in [6.07, 6.45) is 11.0. The molecule has 4 aliphatic carbocycles. The highest BCUT2D eigenvalue weighted by atomic mass is 35.5. The molecule has 1 heterocycles. The van der Waals surface area contributed by atoms with E-state index in [4.69, 9.17) is 25.8 Å². The number of hydrogen-bond donors (Lipinski definition) is 0. The maximum atomic E-state index is 12.2. The van der Waals surface area contributed by atoms with Crippen molar-refractivity contribution in [1.82, 2.24) is 0 Å². The highest BCUT2D eigenvalue weighted by Gasteiger charge is 2.77. The van der Waals surface area contributed by atoms with E-state index in [-0.39, 0.29) is 24.1 Å². The van der Waals surface area contributed by atoms with E-state index in [0.29, 0.717) is 29.6 Å². The molecular weight excluding hydrogens is 488 g/mol. The zero-order valence-electron chi connectivity index (χ0n) is 23.9. The Balaban J connectivity index is 1.41. The van der Waals surface area contributed by atoms with Crippen LogP contribution in [0.3, 0.4) is 0 Å². The number of alkyl halides is 1. The summed E-state index contributed by atoms with van der Waals surface area (Å²) < 4.78 is 18.2. The third-order valence-electron chi connectivity index (χ3n) is 11.8. The zero-order valence-corrected chi connectivity index (χ0v) is 24.6. The average molecular weight is 537 g/mol. The summed E-state index contributed by atoms with van der Waals surface area (Å²) in [4.78, 5) is 23.3. The molecule has 0 unspecified atom stereocenters. The number of rotatable bonds is 7. The molecule has 0 aromatic carbocycles. The molecule has 0 aromatic rings. The van der Waals surface area contributed by atoms with Gasteiger partial charge in [-0.15, -0.1) is 11.6 Å². The van der Waals surface area contributed by atoms with Crippen LogP contribution in [0.25, 0.3) is 0 Å².